The second kappa shape index (κ2) is 6.90. The van der Waals surface area contributed by atoms with Gasteiger partial charge in [-0.3, -0.25) is 14.4 Å². The van der Waals surface area contributed by atoms with E-state index < -0.39 is 23.5 Å². The number of aliphatic hydroxyl groups is 1. The predicted octanol–water partition coefficient (Wildman–Crippen LogP) is 1.17. The molecule has 7 nitrogen and oxygen atoms in total. The van der Waals surface area contributed by atoms with Crippen molar-refractivity contribution in [1.29, 1.82) is 0 Å². The normalized spacial score (nSPS) is 15.3. The van der Waals surface area contributed by atoms with Gasteiger partial charge in [-0.15, -0.1) is 11.3 Å². The topological polar surface area (TPSA) is 110 Å². The highest BCUT2D eigenvalue weighted by Crippen LogP contribution is 2.33. The number of nitrogens with zero attached hydrogens (tertiary/aromatic N) is 1. The molecule has 2 rings (SSSR count). The van der Waals surface area contributed by atoms with Gasteiger partial charge in [0.2, 0.25) is 5.91 Å². The van der Waals surface area contributed by atoms with Gasteiger partial charge in [-0.05, 0) is 27.2 Å². The summed E-state index contributed by atoms with van der Waals surface area (Å²) in [5.41, 5.74) is 6.05. The summed E-state index contributed by atoms with van der Waals surface area (Å²) in [6, 6.07) is -0.881. The number of amides is 2. The number of hydrogen-bond donors (Lipinski definition) is 2. The number of fused-ring (bicyclic) bond motifs is 1. The van der Waals surface area contributed by atoms with Crippen LogP contribution in [0.2, 0.25) is 0 Å². The minimum Gasteiger partial charge on any atom is -0.460 e. The Labute approximate surface area is 144 Å². The quantitative estimate of drug-likeness (QED) is 0.745. The van der Waals surface area contributed by atoms with Gasteiger partial charge in [0.15, 0.2) is 0 Å². The van der Waals surface area contributed by atoms with E-state index in [1.165, 1.54) is 16.2 Å². The van der Waals surface area contributed by atoms with Gasteiger partial charge in [-0.25, -0.2) is 0 Å². The monoisotopic (exact) mass is 354 g/mol. The number of thiophene rings is 1. The average Bonchev–Trinajstić information content (AvgIpc) is 2.98. The van der Waals surface area contributed by atoms with Gasteiger partial charge in [0.25, 0.3) is 5.91 Å². The van der Waals surface area contributed by atoms with Gasteiger partial charge in [0.1, 0.15) is 11.6 Å². The molecule has 1 aromatic heterocycles. The van der Waals surface area contributed by atoms with Crippen molar-refractivity contribution in [3.8, 4) is 0 Å². The third-order valence-electron chi connectivity index (χ3n) is 3.69. The summed E-state index contributed by atoms with van der Waals surface area (Å²) in [7, 11) is 0. The van der Waals surface area contributed by atoms with E-state index in [0.29, 0.717) is 10.4 Å². The van der Waals surface area contributed by atoms with Crippen LogP contribution in [-0.2, 0) is 27.5 Å². The van der Waals surface area contributed by atoms with Crippen molar-refractivity contribution in [3.63, 3.8) is 0 Å². The Morgan fingerprint density at radius 1 is 1.46 bits per heavy atom. The molecule has 1 atom stereocenters. The lowest BCUT2D eigenvalue weighted by atomic mass is 10.1. The molecule has 0 aromatic carbocycles. The van der Waals surface area contributed by atoms with Gasteiger partial charge in [0, 0.05) is 28.8 Å². The van der Waals surface area contributed by atoms with E-state index in [1.54, 1.807) is 26.2 Å². The number of ether oxygens (including phenoxy) is 1. The summed E-state index contributed by atoms with van der Waals surface area (Å²) in [5.74, 6) is -1.40. The Morgan fingerprint density at radius 3 is 2.67 bits per heavy atom. The minimum absolute atomic E-state index is 0.00560. The molecular formula is C16H22N2O5S. The van der Waals surface area contributed by atoms with E-state index in [1.807, 2.05) is 0 Å². The molecule has 0 spiro atoms. The Kier molecular flexibility index (Phi) is 5.29. The molecule has 3 N–H and O–H groups in total. The molecule has 0 saturated heterocycles. The highest BCUT2D eigenvalue weighted by Gasteiger charge is 2.37. The van der Waals surface area contributed by atoms with Crippen LogP contribution in [0.5, 0.6) is 0 Å². The number of esters is 1. The van der Waals surface area contributed by atoms with Crippen molar-refractivity contribution < 1.29 is 24.2 Å². The standard InChI is InChI=1S/C16H22N2O5S/c1-16(2,3)23-13(20)5-4-11(14(17)21)18-6-9-10(15(18)22)8-24-12(9)7-19/h8,11,19H,4-7H2,1-3H3,(H2,17,21)/t11-/m0/s1. The Hall–Kier alpha value is -1.93. The molecule has 1 aliphatic heterocycles. The summed E-state index contributed by atoms with van der Waals surface area (Å²) in [6.07, 6.45) is 0.104. The molecule has 24 heavy (non-hydrogen) atoms. The first-order valence-electron chi connectivity index (χ1n) is 7.66. The predicted molar refractivity (Wildman–Crippen MR) is 88.2 cm³/mol. The summed E-state index contributed by atoms with van der Waals surface area (Å²) in [4.78, 5) is 38.2. The Bertz CT molecular complexity index is 662. The maximum Gasteiger partial charge on any atom is 0.306 e. The fraction of sp³-hybridized carbons (Fsp3) is 0.562. The summed E-state index contributed by atoms with van der Waals surface area (Å²) >= 11 is 1.31. The highest BCUT2D eigenvalue weighted by molar-refractivity contribution is 7.10. The van der Waals surface area contributed by atoms with E-state index in [9.17, 15) is 19.5 Å². The molecule has 0 saturated carbocycles. The van der Waals surface area contributed by atoms with E-state index >= 15 is 0 Å². The third kappa shape index (κ3) is 3.93. The van der Waals surface area contributed by atoms with Crippen molar-refractivity contribution in [1.82, 2.24) is 4.90 Å². The second-order valence-electron chi connectivity index (χ2n) is 6.69. The third-order valence-corrected chi connectivity index (χ3v) is 4.70. The highest BCUT2D eigenvalue weighted by atomic mass is 32.1. The molecule has 8 heteroatoms. The van der Waals surface area contributed by atoms with Gasteiger partial charge in [-0.1, -0.05) is 0 Å². The van der Waals surface area contributed by atoms with Crippen LogP contribution < -0.4 is 5.73 Å². The van der Waals surface area contributed by atoms with Crippen LogP contribution in [0.4, 0.5) is 0 Å². The molecule has 1 aromatic rings. The lowest BCUT2D eigenvalue weighted by molar-refractivity contribution is -0.155. The number of primary amides is 1. The zero-order valence-electron chi connectivity index (χ0n) is 14.0. The fourth-order valence-corrected chi connectivity index (χ4v) is 3.55. The largest absolute Gasteiger partial charge is 0.460 e. The Morgan fingerprint density at radius 2 is 2.12 bits per heavy atom. The van der Waals surface area contributed by atoms with Crippen LogP contribution in [-0.4, -0.2) is 39.4 Å². The summed E-state index contributed by atoms with van der Waals surface area (Å²) in [5, 5.41) is 11.0. The fourth-order valence-electron chi connectivity index (χ4n) is 2.66. The zero-order valence-corrected chi connectivity index (χ0v) is 14.8. The van der Waals surface area contributed by atoms with Crippen molar-refractivity contribution in [3.05, 3.63) is 21.4 Å². The van der Waals surface area contributed by atoms with Crippen LogP contribution in [0.25, 0.3) is 0 Å². The van der Waals surface area contributed by atoms with Gasteiger partial charge < -0.3 is 20.5 Å². The molecule has 0 radical (unpaired) electrons. The number of carbonyl (C=O) groups excluding carboxylic acids is 3. The minimum atomic E-state index is -0.881. The number of nitrogens with two attached hydrogens (primary N) is 1. The van der Waals surface area contributed by atoms with Crippen LogP contribution in [0, 0.1) is 0 Å². The molecule has 1 aliphatic rings. The second-order valence-corrected chi connectivity index (χ2v) is 7.65. The molecule has 0 fully saturated rings. The first kappa shape index (κ1) is 18.4. The lowest BCUT2D eigenvalue weighted by Crippen LogP contribution is -2.45. The molecule has 0 unspecified atom stereocenters. The number of carbonyl (C=O) groups is 3. The average molecular weight is 354 g/mol. The van der Waals surface area contributed by atoms with E-state index in [0.717, 1.165) is 5.56 Å². The van der Waals surface area contributed by atoms with Crippen LogP contribution >= 0.6 is 11.3 Å². The Balaban J connectivity index is 2.07. The van der Waals surface area contributed by atoms with Crippen LogP contribution in [0.15, 0.2) is 5.38 Å². The van der Waals surface area contributed by atoms with Gasteiger partial charge in [0.05, 0.1) is 12.2 Å². The number of hydrogen-bond acceptors (Lipinski definition) is 6. The molecule has 132 valence electrons. The van der Waals surface area contributed by atoms with E-state index in [2.05, 4.69) is 0 Å². The smallest absolute Gasteiger partial charge is 0.306 e. The maximum absolute atomic E-state index is 12.5. The van der Waals surface area contributed by atoms with Crippen molar-refractivity contribution in [2.75, 3.05) is 0 Å². The van der Waals surface area contributed by atoms with E-state index in [-0.39, 0.29) is 31.9 Å². The lowest BCUT2D eigenvalue weighted by Gasteiger charge is -2.26. The molecule has 0 aliphatic carbocycles. The molecule has 2 heterocycles. The number of aliphatic hydroxyl groups excluding tert-OH is 1. The zero-order chi connectivity index (χ0) is 18.1. The number of rotatable bonds is 6. The van der Waals surface area contributed by atoms with Gasteiger partial charge in [-0.2, -0.15) is 0 Å². The van der Waals surface area contributed by atoms with E-state index in [4.69, 9.17) is 10.5 Å². The van der Waals surface area contributed by atoms with Gasteiger partial charge >= 0.3 is 5.97 Å². The first-order chi connectivity index (χ1) is 11.1. The molecule has 2 amide bonds. The maximum atomic E-state index is 12.5. The van der Waals surface area contributed by atoms with Crippen molar-refractivity contribution >= 4 is 29.1 Å². The van der Waals surface area contributed by atoms with Crippen molar-refractivity contribution in [2.24, 2.45) is 5.73 Å². The molecular weight excluding hydrogens is 332 g/mol. The SMILES string of the molecule is CC(C)(C)OC(=O)CC[C@@H](C(N)=O)N1Cc2c(csc2CO)C1=O. The summed E-state index contributed by atoms with van der Waals surface area (Å²) < 4.78 is 5.21. The first-order valence-corrected chi connectivity index (χ1v) is 8.54. The van der Waals surface area contributed by atoms with Crippen LogP contribution in [0.1, 0.15) is 54.4 Å². The van der Waals surface area contributed by atoms with Crippen LogP contribution in [0.3, 0.4) is 0 Å². The summed E-state index contributed by atoms with van der Waals surface area (Å²) in [6.45, 7) is 5.34. The van der Waals surface area contributed by atoms with Crippen molar-refractivity contribution in [2.45, 2.75) is 58.4 Å². The molecule has 0 bridgehead atoms.